The lowest BCUT2D eigenvalue weighted by Crippen LogP contribution is -2.24. The van der Waals surface area contributed by atoms with Gasteiger partial charge in [-0.1, -0.05) is 42.4 Å². The molecule has 1 heterocycles. The third kappa shape index (κ3) is 19.3. The van der Waals surface area contributed by atoms with Crippen LogP contribution in [0.25, 0.3) is 0 Å². The molecule has 0 radical (unpaired) electrons. The van der Waals surface area contributed by atoms with Crippen LogP contribution in [0.15, 0.2) is 0 Å². The van der Waals surface area contributed by atoms with Gasteiger partial charge in [0.1, 0.15) is 5.78 Å². The van der Waals surface area contributed by atoms with Gasteiger partial charge in [-0.3, -0.25) is 4.79 Å². The molecule has 1 atom stereocenters. The Morgan fingerprint density at radius 1 is 1.17 bits per heavy atom. The molecule has 0 amide bonds. The summed E-state index contributed by atoms with van der Waals surface area (Å²) in [5, 5.41) is 0. The predicted molar refractivity (Wildman–Crippen MR) is 101 cm³/mol. The third-order valence-electron chi connectivity index (χ3n) is 2.48. The molecule has 1 rings (SSSR count). The first kappa shape index (κ1) is 25.5. The average Bonchev–Trinajstić information content (AvgIpc) is 3.12. The highest BCUT2D eigenvalue weighted by atomic mass is 33.1. The fraction of sp³-hybridized carbons (Fsp3) is 0.875. The van der Waals surface area contributed by atoms with Crippen LogP contribution in [0.3, 0.4) is 0 Å². The van der Waals surface area contributed by atoms with Gasteiger partial charge in [-0.25, -0.2) is 0 Å². The van der Waals surface area contributed by atoms with Crippen LogP contribution in [-0.2, 0) is 19.2 Å². The number of Topliss-reactive ketones (excluding diaryl/α,β-unsaturated/α-hetero) is 1. The van der Waals surface area contributed by atoms with Crippen LogP contribution < -0.4 is 0 Å². The van der Waals surface area contributed by atoms with Gasteiger partial charge in [-0.2, -0.15) is 4.84 Å². The summed E-state index contributed by atoms with van der Waals surface area (Å²) in [6, 6.07) is 0. The SMILES string of the molecule is C1CSSC1.CC.CCCC[N+](=O)OC(C)OC(=O)CCC(C)=O. The number of unbranched alkanes of at least 4 members (excludes halogenated alkanes) is 1. The Morgan fingerprint density at radius 2 is 1.75 bits per heavy atom. The standard InChI is InChI=1S/C11H20NO5.C3H6S2.C2H6/c1-4-5-8-12(15)17-10(3)16-11(14)7-6-9(2)13;1-2-4-5-3-1;1-2/h10H,4-8H2,1-3H3;1-3H2;1-2H3/q+1;;. The van der Waals surface area contributed by atoms with Gasteiger partial charge in [0, 0.05) is 31.3 Å². The fourth-order valence-corrected chi connectivity index (χ4v) is 3.70. The van der Waals surface area contributed by atoms with Crippen molar-refractivity contribution in [3.8, 4) is 0 Å². The first-order valence-corrected chi connectivity index (χ1v) is 11.0. The lowest BCUT2D eigenvalue weighted by molar-refractivity contribution is -0.820. The van der Waals surface area contributed by atoms with Crippen molar-refractivity contribution in [1.82, 2.24) is 0 Å². The summed E-state index contributed by atoms with van der Waals surface area (Å²) in [5.74, 6) is 2.13. The minimum Gasteiger partial charge on any atom is -0.418 e. The zero-order valence-corrected chi connectivity index (χ0v) is 17.2. The second-order valence-corrected chi connectivity index (χ2v) is 7.47. The van der Waals surface area contributed by atoms with E-state index in [0.717, 1.165) is 6.42 Å². The van der Waals surface area contributed by atoms with E-state index in [1.54, 1.807) is 0 Å². The van der Waals surface area contributed by atoms with Gasteiger partial charge in [0.2, 0.25) is 11.5 Å². The van der Waals surface area contributed by atoms with E-state index in [4.69, 9.17) is 9.57 Å². The normalized spacial score (nSPS) is 13.5. The van der Waals surface area contributed by atoms with Crippen LogP contribution in [-0.4, -0.2) is 41.0 Å². The maximum absolute atomic E-state index is 11.2. The quantitative estimate of drug-likeness (QED) is 0.251. The Bertz CT molecular complexity index is 342. The van der Waals surface area contributed by atoms with Crippen molar-refractivity contribution in [3.63, 3.8) is 0 Å². The van der Waals surface area contributed by atoms with Gasteiger partial charge in [0.25, 0.3) is 0 Å². The minimum absolute atomic E-state index is 0.0108. The topological polar surface area (TPSA) is 72.7 Å². The third-order valence-corrected chi connectivity index (χ3v) is 5.05. The Labute approximate surface area is 153 Å². The van der Waals surface area contributed by atoms with Crippen LogP contribution >= 0.6 is 21.6 Å². The van der Waals surface area contributed by atoms with Crippen molar-refractivity contribution < 1.29 is 24.1 Å². The van der Waals surface area contributed by atoms with E-state index < -0.39 is 12.3 Å². The van der Waals surface area contributed by atoms with E-state index in [-0.39, 0.29) is 25.2 Å². The van der Waals surface area contributed by atoms with Gasteiger partial charge in [0.05, 0.1) is 11.3 Å². The summed E-state index contributed by atoms with van der Waals surface area (Å²) in [6.45, 7) is 9.06. The summed E-state index contributed by atoms with van der Waals surface area (Å²) in [5.41, 5.74) is 0. The lowest BCUT2D eigenvalue weighted by Gasteiger charge is -2.07. The first-order valence-electron chi connectivity index (χ1n) is 8.50. The molecule has 0 saturated carbocycles. The first-order chi connectivity index (χ1) is 11.5. The van der Waals surface area contributed by atoms with E-state index in [1.807, 2.05) is 42.4 Å². The van der Waals surface area contributed by atoms with Crippen molar-refractivity contribution in [3.05, 3.63) is 4.91 Å². The molecular weight excluding hydrogens is 350 g/mol. The van der Waals surface area contributed by atoms with Crippen molar-refractivity contribution in [2.75, 3.05) is 18.1 Å². The molecule has 0 N–H and O–H groups in total. The van der Waals surface area contributed by atoms with Gasteiger partial charge >= 0.3 is 12.3 Å². The predicted octanol–water partition coefficient (Wildman–Crippen LogP) is 4.55. The van der Waals surface area contributed by atoms with E-state index in [9.17, 15) is 14.5 Å². The van der Waals surface area contributed by atoms with Crippen molar-refractivity contribution >= 4 is 33.3 Å². The number of ether oxygens (including phenoxy) is 1. The number of esters is 1. The Hall–Kier alpha value is -0.760. The summed E-state index contributed by atoms with van der Waals surface area (Å²) in [7, 11) is 3.98. The van der Waals surface area contributed by atoms with Crippen LogP contribution in [0.5, 0.6) is 0 Å². The maximum atomic E-state index is 11.2. The number of hydrogen-bond acceptors (Lipinski definition) is 7. The molecule has 142 valence electrons. The highest BCUT2D eigenvalue weighted by molar-refractivity contribution is 8.77. The Balaban J connectivity index is 0. The molecule has 0 bridgehead atoms. The average molecular weight is 383 g/mol. The summed E-state index contributed by atoms with van der Waals surface area (Å²) in [4.78, 5) is 38.1. The van der Waals surface area contributed by atoms with Crippen LogP contribution in [0.4, 0.5) is 0 Å². The second-order valence-electron chi connectivity index (χ2n) is 4.77. The molecule has 1 unspecified atom stereocenters. The van der Waals surface area contributed by atoms with Crippen molar-refractivity contribution in [2.24, 2.45) is 0 Å². The molecule has 0 spiro atoms. The maximum Gasteiger partial charge on any atom is 0.312 e. The molecule has 24 heavy (non-hydrogen) atoms. The summed E-state index contributed by atoms with van der Waals surface area (Å²) < 4.78 is 4.80. The second kappa shape index (κ2) is 18.6. The Morgan fingerprint density at radius 3 is 2.17 bits per heavy atom. The molecule has 0 aromatic heterocycles. The van der Waals surface area contributed by atoms with Crippen molar-refractivity contribution in [1.29, 1.82) is 0 Å². The molecule has 0 aromatic carbocycles. The van der Waals surface area contributed by atoms with Crippen LogP contribution in [0, 0.1) is 4.91 Å². The molecule has 0 aliphatic carbocycles. The monoisotopic (exact) mass is 382 g/mol. The van der Waals surface area contributed by atoms with Gasteiger partial charge in [-0.15, -0.1) is 0 Å². The van der Waals surface area contributed by atoms with E-state index >= 15 is 0 Å². The minimum atomic E-state index is -0.927. The molecule has 1 aliphatic rings. The summed E-state index contributed by atoms with van der Waals surface area (Å²) in [6.07, 6.45) is 2.25. The number of rotatable bonds is 9. The Kier molecular flexibility index (Phi) is 19.7. The number of carbonyl (C=O) groups excluding carboxylic acids is 2. The zero-order valence-electron chi connectivity index (χ0n) is 15.5. The van der Waals surface area contributed by atoms with E-state index in [0.29, 0.717) is 11.3 Å². The van der Waals surface area contributed by atoms with Crippen molar-refractivity contribution in [2.45, 2.75) is 73.0 Å². The molecule has 1 fully saturated rings. The highest BCUT2D eigenvalue weighted by Crippen LogP contribution is 2.29. The summed E-state index contributed by atoms with van der Waals surface area (Å²) >= 11 is 0. The zero-order chi connectivity index (χ0) is 18.8. The van der Waals surface area contributed by atoms with Gasteiger partial charge in [0.15, 0.2) is 0 Å². The number of ketones is 1. The van der Waals surface area contributed by atoms with E-state index in [1.165, 1.54) is 31.8 Å². The highest BCUT2D eigenvalue weighted by Gasteiger charge is 2.19. The molecule has 6 nitrogen and oxygen atoms in total. The van der Waals surface area contributed by atoms with Gasteiger partial charge < -0.3 is 9.53 Å². The molecular formula is C16H32NO5S2+. The lowest BCUT2D eigenvalue weighted by atomic mass is 10.2. The number of carbonyl (C=O) groups is 2. The van der Waals surface area contributed by atoms with Gasteiger partial charge in [-0.05, 0) is 19.8 Å². The molecule has 1 aliphatic heterocycles. The molecule has 0 aromatic rings. The molecule has 8 heteroatoms. The molecule has 1 saturated heterocycles. The van der Waals surface area contributed by atoms with Crippen LogP contribution in [0.1, 0.15) is 66.7 Å². The van der Waals surface area contributed by atoms with Crippen LogP contribution in [0.2, 0.25) is 0 Å². The number of nitrogens with zero attached hydrogens (tertiary/aromatic N) is 1. The number of hydrogen-bond donors (Lipinski definition) is 0. The largest absolute Gasteiger partial charge is 0.418 e. The smallest absolute Gasteiger partial charge is 0.312 e. The van der Waals surface area contributed by atoms with E-state index in [2.05, 4.69) is 0 Å². The fourth-order valence-electron chi connectivity index (χ4n) is 1.34.